The van der Waals surface area contributed by atoms with Gasteiger partial charge in [-0.2, -0.15) is 0 Å². The van der Waals surface area contributed by atoms with Crippen molar-refractivity contribution in [3.8, 4) is 0 Å². The van der Waals surface area contributed by atoms with Crippen LogP contribution in [0.3, 0.4) is 0 Å². The maximum atomic E-state index is 12.5. The molecule has 5 nitrogen and oxygen atoms in total. The minimum absolute atomic E-state index is 0.174. The summed E-state index contributed by atoms with van der Waals surface area (Å²) < 4.78 is 29.0. The topological polar surface area (TPSA) is 63.7 Å². The van der Waals surface area contributed by atoms with Gasteiger partial charge in [0, 0.05) is 19.6 Å². The van der Waals surface area contributed by atoms with Gasteiger partial charge in [-0.05, 0) is 30.7 Å². The molecular weight excluding hydrogens is 326 g/mol. The van der Waals surface area contributed by atoms with Gasteiger partial charge in [0.15, 0.2) is 0 Å². The van der Waals surface area contributed by atoms with Crippen LogP contribution in [0.2, 0.25) is 0 Å². The van der Waals surface area contributed by atoms with Gasteiger partial charge in [-0.1, -0.05) is 30.3 Å². The summed E-state index contributed by atoms with van der Waals surface area (Å²) >= 11 is 0. The third-order valence-corrected chi connectivity index (χ3v) is 7.01. The number of hydrogen-bond donors (Lipinski definition) is 0. The molecule has 2 heterocycles. The fourth-order valence-corrected chi connectivity index (χ4v) is 5.69. The van der Waals surface area contributed by atoms with Crippen molar-refractivity contribution >= 4 is 15.8 Å². The lowest BCUT2D eigenvalue weighted by atomic mass is 9.73. The average molecular weight is 351 g/mol. The Kier molecular flexibility index (Phi) is 4.97. The van der Waals surface area contributed by atoms with E-state index in [-0.39, 0.29) is 28.8 Å². The van der Waals surface area contributed by atoms with Gasteiger partial charge in [0.1, 0.15) is 9.84 Å². The van der Waals surface area contributed by atoms with Gasteiger partial charge in [-0.15, -0.1) is 0 Å². The maximum Gasteiger partial charge on any atom is 0.310 e. The number of likely N-dealkylation sites (tertiary alicyclic amines) is 1. The Morgan fingerprint density at radius 1 is 1.25 bits per heavy atom. The molecule has 1 spiro atoms. The zero-order chi connectivity index (χ0) is 17.2. The Labute approximate surface area is 143 Å². The summed E-state index contributed by atoms with van der Waals surface area (Å²) in [5.74, 6) is -0.0338. The molecule has 0 N–H and O–H groups in total. The van der Waals surface area contributed by atoms with Gasteiger partial charge in [0.2, 0.25) is 0 Å². The molecule has 24 heavy (non-hydrogen) atoms. The van der Waals surface area contributed by atoms with E-state index in [2.05, 4.69) is 17.0 Å². The first-order chi connectivity index (χ1) is 11.4. The summed E-state index contributed by atoms with van der Waals surface area (Å²) in [6.45, 7) is 4.37. The molecule has 1 aromatic carbocycles. The van der Waals surface area contributed by atoms with Crippen molar-refractivity contribution in [2.45, 2.75) is 26.3 Å². The number of ether oxygens (including phenoxy) is 1. The SMILES string of the molecule is CCOC(=O)C1CN(Cc2ccccc2)CC12CCS(=O)(=O)CC2. The minimum Gasteiger partial charge on any atom is -0.466 e. The molecular formula is C18H25NO4S. The monoisotopic (exact) mass is 351 g/mol. The summed E-state index contributed by atoms with van der Waals surface area (Å²) in [4.78, 5) is 14.8. The van der Waals surface area contributed by atoms with Crippen LogP contribution in [-0.4, -0.2) is 50.5 Å². The smallest absolute Gasteiger partial charge is 0.310 e. The summed E-state index contributed by atoms with van der Waals surface area (Å²) in [7, 11) is -2.95. The first-order valence-electron chi connectivity index (χ1n) is 8.57. The zero-order valence-corrected chi connectivity index (χ0v) is 14.9. The van der Waals surface area contributed by atoms with Gasteiger partial charge in [0.05, 0.1) is 24.0 Å². The van der Waals surface area contributed by atoms with Crippen molar-refractivity contribution in [1.82, 2.24) is 4.90 Å². The van der Waals surface area contributed by atoms with E-state index in [1.165, 1.54) is 5.56 Å². The van der Waals surface area contributed by atoms with Crippen LogP contribution in [0.5, 0.6) is 0 Å². The molecule has 3 rings (SSSR count). The Balaban J connectivity index is 1.78. The first kappa shape index (κ1) is 17.4. The van der Waals surface area contributed by atoms with Gasteiger partial charge in [-0.25, -0.2) is 8.42 Å². The van der Waals surface area contributed by atoms with Crippen LogP contribution in [0.15, 0.2) is 30.3 Å². The van der Waals surface area contributed by atoms with Crippen molar-refractivity contribution in [2.75, 3.05) is 31.2 Å². The minimum atomic E-state index is -2.95. The number of carbonyl (C=O) groups is 1. The quantitative estimate of drug-likeness (QED) is 0.775. The predicted molar refractivity (Wildman–Crippen MR) is 92.2 cm³/mol. The van der Waals surface area contributed by atoms with E-state index in [9.17, 15) is 13.2 Å². The molecule has 0 saturated carbocycles. The molecule has 6 heteroatoms. The van der Waals surface area contributed by atoms with Crippen LogP contribution < -0.4 is 0 Å². The Hall–Kier alpha value is -1.40. The fraction of sp³-hybridized carbons (Fsp3) is 0.611. The van der Waals surface area contributed by atoms with Crippen molar-refractivity contribution in [3.05, 3.63) is 35.9 Å². The Bertz CT molecular complexity index is 672. The number of benzene rings is 1. The molecule has 2 aliphatic heterocycles. The molecule has 2 aliphatic rings. The van der Waals surface area contributed by atoms with Crippen LogP contribution in [0.1, 0.15) is 25.3 Å². The first-order valence-corrected chi connectivity index (χ1v) is 10.4. The second-order valence-electron chi connectivity index (χ2n) is 6.97. The lowest BCUT2D eigenvalue weighted by molar-refractivity contribution is -0.151. The van der Waals surface area contributed by atoms with Gasteiger partial charge < -0.3 is 4.74 Å². The maximum absolute atomic E-state index is 12.5. The number of sulfone groups is 1. The van der Waals surface area contributed by atoms with E-state index < -0.39 is 9.84 Å². The van der Waals surface area contributed by atoms with Crippen molar-refractivity contribution < 1.29 is 17.9 Å². The van der Waals surface area contributed by atoms with Gasteiger partial charge in [0.25, 0.3) is 0 Å². The average Bonchev–Trinajstić information content (AvgIpc) is 2.90. The lowest BCUT2D eigenvalue weighted by Gasteiger charge is -2.36. The second-order valence-corrected chi connectivity index (χ2v) is 9.28. The third-order valence-electron chi connectivity index (χ3n) is 5.36. The van der Waals surface area contributed by atoms with Gasteiger partial charge in [-0.3, -0.25) is 9.69 Å². The molecule has 0 bridgehead atoms. The largest absolute Gasteiger partial charge is 0.466 e. The summed E-state index contributed by atoms with van der Waals surface area (Å²) in [6, 6.07) is 10.2. The molecule has 0 radical (unpaired) electrons. The molecule has 1 unspecified atom stereocenters. The Morgan fingerprint density at radius 3 is 2.54 bits per heavy atom. The number of carbonyl (C=O) groups excluding carboxylic acids is 1. The van der Waals surface area contributed by atoms with Crippen LogP contribution in [0, 0.1) is 11.3 Å². The normalized spacial score (nSPS) is 25.6. The zero-order valence-electron chi connectivity index (χ0n) is 14.1. The second kappa shape index (κ2) is 6.84. The summed E-state index contributed by atoms with van der Waals surface area (Å²) in [6.07, 6.45) is 1.12. The van der Waals surface area contributed by atoms with Crippen LogP contribution in [0.4, 0.5) is 0 Å². The lowest BCUT2D eigenvalue weighted by Crippen LogP contribution is -2.42. The molecule has 2 saturated heterocycles. The molecule has 1 atom stereocenters. The van der Waals surface area contributed by atoms with Crippen molar-refractivity contribution in [1.29, 1.82) is 0 Å². The fourth-order valence-electron chi connectivity index (χ4n) is 4.05. The standard InChI is InChI=1S/C18H25NO4S/c1-2-23-17(20)16-13-19(12-15-6-4-3-5-7-15)14-18(16)8-10-24(21,22)11-9-18/h3-7,16H,2,8-14H2,1H3. The van der Waals surface area contributed by atoms with Gasteiger partial charge >= 0.3 is 5.97 Å². The van der Waals surface area contributed by atoms with Crippen LogP contribution in [-0.2, 0) is 25.9 Å². The van der Waals surface area contributed by atoms with E-state index in [4.69, 9.17) is 4.74 Å². The predicted octanol–water partition coefficient (Wildman–Crippen LogP) is 1.88. The molecule has 0 amide bonds. The summed E-state index contributed by atoms with van der Waals surface area (Å²) in [5.41, 5.74) is 0.951. The highest BCUT2D eigenvalue weighted by molar-refractivity contribution is 7.91. The summed E-state index contributed by atoms with van der Waals surface area (Å²) in [5, 5.41) is 0. The highest BCUT2D eigenvalue weighted by atomic mass is 32.2. The van der Waals surface area contributed by atoms with E-state index >= 15 is 0 Å². The highest BCUT2D eigenvalue weighted by Gasteiger charge is 2.52. The van der Waals surface area contributed by atoms with E-state index in [1.54, 1.807) is 0 Å². The number of nitrogens with zero attached hydrogens (tertiary/aromatic N) is 1. The highest BCUT2D eigenvalue weighted by Crippen LogP contribution is 2.46. The van der Waals surface area contributed by atoms with Crippen molar-refractivity contribution in [2.24, 2.45) is 11.3 Å². The van der Waals surface area contributed by atoms with Crippen LogP contribution >= 0.6 is 0 Å². The molecule has 2 fully saturated rings. The number of esters is 1. The third kappa shape index (κ3) is 3.64. The molecule has 0 aromatic heterocycles. The molecule has 0 aliphatic carbocycles. The van der Waals surface area contributed by atoms with Crippen LogP contribution in [0.25, 0.3) is 0 Å². The van der Waals surface area contributed by atoms with E-state index in [0.717, 1.165) is 13.1 Å². The molecule has 1 aromatic rings. The van der Waals surface area contributed by atoms with E-state index in [1.807, 2.05) is 25.1 Å². The van der Waals surface area contributed by atoms with E-state index in [0.29, 0.717) is 26.0 Å². The number of rotatable bonds is 4. The number of hydrogen-bond acceptors (Lipinski definition) is 5. The molecule has 132 valence electrons. The Morgan fingerprint density at radius 2 is 1.92 bits per heavy atom. The van der Waals surface area contributed by atoms with Crippen molar-refractivity contribution in [3.63, 3.8) is 0 Å².